The standard InChI is InChI=1S/C31H38N6O5/c1-20(2)27-31-36-25(19-42-31)28(39)33-17-9-7-13-23(34-26(38)15-14-22-12-6-8-16-32-22)29(40)35-24(30(41)37-27)18-21-10-4-3-5-11-21/h3-6,8,10-12,16,19-20,23-24,27H,7,9,13-15,17-18H2,1-2H3,(H,33,39)(H,34,38)(H,35,40)(H,37,41)/t23-,24-,27-/m0/s1. The van der Waals surface area contributed by atoms with Gasteiger partial charge in [-0.1, -0.05) is 50.2 Å². The number of nitrogens with zero attached hydrogens (tertiary/aromatic N) is 2. The van der Waals surface area contributed by atoms with Gasteiger partial charge in [-0.15, -0.1) is 0 Å². The number of amides is 4. The second kappa shape index (κ2) is 14.9. The van der Waals surface area contributed by atoms with Crippen LogP contribution >= 0.6 is 0 Å². The highest BCUT2D eigenvalue weighted by Crippen LogP contribution is 2.22. The number of oxazole rings is 1. The Kier molecular flexibility index (Phi) is 10.8. The van der Waals surface area contributed by atoms with Gasteiger partial charge in [-0.25, -0.2) is 4.98 Å². The number of aryl methyl sites for hydroxylation is 1. The summed E-state index contributed by atoms with van der Waals surface area (Å²) >= 11 is 0. The molecule has 0 saturated carbocycles. The van der Waals surface area contributed by atoms with Crippen molar-refractivity contribution in [2.75, 3.05) is 6.54 Å². The Labute approximate surface area is 245 Å². The fourth-order valence-electron chi connectivity index (χ4n) is 4.72. The Hall–Kier alpha value is -4.54. The molecule has 0 fully saturated rings. The van der Waals surface area contributed by atoms with Gasteiger partial charge in [0.2, 0.25) is 23.6 Å². The quantitative estimate of drug-likeness (QED) is 0.338. The van der Waals surface area contributed by atoms with E-state index in [1.165, 1.54) is 6.26 Å². The third-order valence-electron chi connectivity index (χ3n) is 7.09. The molecule has 3 atom stereocenters. The van der Waals surface area contributed by atoms with E-state index in [2.05, 4.69) is 31.2 Å². The minimum absolute atomic E-state index is 0.124. The zero-order valence-corrected chi connectivity index (χ0v) is 24.0. The maximum Gasteiger partial charge on any atom is 0.273 e. The lowest BCUT2D eigenvalue weighted by molar-refractivity contribution is -0.132. The average molecular weight is 575 g/mol. The van der Waals surface area contributed by atoms with Crippen LogP contribution in [0.2, 0.25) is 0 Å². The SMILES string of the molecule is CC(C)[C@@H]1NC(=O)[C@H](Cc2ccccc2)NC(=O)[C@@H](NC(=O)CCc2ccccn2)CCCCNC(=O)c2coc1n2. The van der Waals surface area contributed by atoms with E-state index in [0.717, 1.165) is 11.3 Å². The molecule has 0 aliphatic carbocycles. The molecule has 4 rings (SSSR count). The summed E-state index contributed by atoms with van der Waals surface area (Å²) in [5.74, 6) is -1.47. The number of carbonyl (C=O) groups excluding carboxylic acids is 4. The molecule has 1 aliphatic rings. The first-order valence-electron chi connectivity index (χ1n) is 14.4. The average Bonchev–Trinajstić information content (AvgIpc) is 3.48. The summed E-state index contributed by atoms with van der Waals surface area (Å²) in [5.41, 5.74) is 1.77. The fraction of sp³-hybridized carbons (Fsp3) is 0.419. The van der Waals surface area contributed by atoms with Crippen LogP contribution in [0.1, 0.15) is 73.2 Å². The molecule has 1 aliphatic heterocycles. The first kappa shape index (κ1) is 30.4. The zero-order chi connectivity index (χ0) is 29.9. The molecule has 3 aromatic rings. The molecule has 2 bridgehead atoms. The Morgan fingerprint density at radius 2 is 1.81 bits per heavy atom. The summed E-state index contributed by atoms with van der Waals surface area (Å²) in [4.78, 5) is 61.4. The number of hydrogen-bond donors (Lipinski definition) is 4. The van der Waals surface area contributed by atoms with E-state index in [9.17, 15) is 19.2 Å². The molecular formula is C31H38N6O5. The number of nitrogens with one attached hydrogen (secondary N) is 4. The topological polar surface area (TPSA) is 155 Å². The lowest BCUT2D eigenvalue weighted by Crippen LogP contribution is -2.55. The maximum absolute atomic E-state index is 13.7. The van der Waals surface area contributed by atoms with Crippen LogP contribution in [0.5, 0.6) is 0 Å². The highest BCUT2D eigenvalue weighted by Gasteiger charge is 2.31. The predicted octanol–water partition coefficient (Wildman–Crippen LogP) is 2.64. The highest BCUT2D eigenvalue weighted by atomic mass is 16.3. The van der Waals surface area contributed by atoms with Crippen LogP contribution in [0.15, 0.2) is 65.4 Å². The molecule has 3 heterocycles. The number of aromatic nitrogens is 2. The normalized spacial score (nSPS) is 20.4. The van der Waals surface area contributed by atoms with Crippen molar-refractivity contribution in [3.8, 4) is 0 Å². The second-order valence-corrected chi connectivity index (χ2v) is 10.7. The zero-order valence-electron chi connectivity index (χ0n) is 24.0. The van der Waals surface area contributed by atoms with E-state index in [-0.39, 0.29) is 42.2 Å². The van der Waals surface area contributed by atoms with Crippen LogP contribution in [-0.4, -0.2) is 52.2 Å². The van der Waals surface area contributed by atoms with E-state index < -0.39 is 29.9 Å². The van der Waals surface area contributed by atoms with Crippen LogP contribution in [-0.2, 0) is 27.2 Å². The summed E-state index contributed by atoms with van der Waals surface area (Å²) in [5, 5.41) is 11.5. The molecule has 11 heteroatoms. The van der Waals surface area contributed by atoms with Crippen molar-refractivity contribution < 1.29 is 23.6 Å². The predicted molar refractivity (Wildman–Crippen MR) is 155 cm³/mol. The molecule has 4 N–H and O–H groups in total. The molecule has 2 aromatic heterocycles. The molecule has 0 radical (unpaired) electrons. The number of carbonyl (C=O) groups is 4. The van der Waals surface area contributed by atoms with Crippen molar-refractivity contribution in [1.29, 1.82) is 0 Å². The Morgan fingerprint density at radius 1 is 1.02 bits per heavy atom. The van der Waals surface area contributed by atoms with Crippen molar-refractivity contribution in [2.24, 2.45) is 5.92 Å². The molecule has 42 heavy (non-hydrogen) atoms. The molecule has 0 unspecified atom stereocenters. The van der Waals surface area contributed by atoms with E-state index in [1.807, 2.05) is 62.4 Å². The summed E-state index contributed by atoms with van der Waals surface area (Å²) < 4.78 is 5.60. The number of pyridine rings is 1. The summed E-state index contributed by atoms with van der Waals surface area (Å²) in [7, 11) is 0. The van der Waals surface area contributed by atoms with Crippen molar-refractivity contribution in [1.82, 2.24) is 31.2 Å². The smallest absolute Gasteiger partial charge is 0.273 e. The van der Waals surface area contributed by atoms with E-state index in [1.54, 1.807) is 6.20 Å². The molecule has 222 valence electrons. The largest absolute Gasteiger partial charge is 0.446 e. The van der Waals surface area contributed by atoms with Gasteiger partial charge in [0.1, 0.15) is 24.4 Å². The summed E-state index contributed by atoms with van der Waals surface area (Å²) in [6.07, 6.45) is 5.25. The third kappa shape index (κ3) is 8.73. The van der Waals surface area contributed by atoms with Crippen molar-refractivity contribution in [3.05, 3.63) is 83.8 Å². The van der Waals surface area contributed by atoms with Gasteiger partial charge in [0.25, 0.3) is 5.91 Å². The van der Waals surface area contributed by atoms with Gasteiger partial charge >= 0.3 is 0 Å². The highest BCUT2D eigenvalue weighted by molar-refractivity contribution is 5.93. The summed E-state index contributed by atoms with van der Waals surface area (Å²) in [6.45, 7) is 4.16. The minimum atomic E-state index is -0.931. The van der Waals surface area contributed by atoms with Crippen molar-refractivity contribution in [2.45, 2.75) is 70.5 Å². The third-order valence-corrected chi connectivity index (χ3v) is 7.09. The van der Waals surface area contributed by atoms with E-state index in [4.69, 9.17) is 4.42 Å². The van der Waals surface area contributed by atoms with Crippen LogP contribution < -0.4 is 21.3 Å². The lowest BCUT2D eigenvalue weighted by atomic mass is 10.0. The fourth-order valence-corrected chi connectivity index (χ4v) is 4.72. The molecular weight excluding hydrogens is 536 g/mol. The van der Waals surface area contributed by atoms with Gasteiger partial charge < -0.3 is 25.7 Å². The summed E-state index contributed by atoms with van der Waals surface area (Å²) in [6, 6.07) is 12.5. The molecule has 4 amide bonds. The van der Waals surface area contributed by atoms with Gasteiger partial charge in [0.15, 0.2) is 5.69 Å². The van der Waals surface area contributed by atoms with Crippen molar-refractivity contribution >= 4 is 23.6 Å². The van der Waals surface area contributed by atoms with Gasteiger partial charge in [-0.2, -0.15) is 0 Å². The Morgan fingerprint density at radius 3 is 2.55 bits per heavy atom. The van der Waals surface area contributed by atoms with Gasteiger partial charge in [-0.05, 0) is 49.3 Å². The first-order valence-corrected chi connectivity index (χ1v) is 14.4. The Bertz CT molecular complexity index is 1340. The lowest BCUT2D eigenvalue weighted by Gasteiger charge is -2.26. The first-order chi connectivity index (χ1) is 20.3. The van der Waals surface area contributed by atoms with Gasteiger partial charge in [0.05, 0.1) is 0 Å². The van der Waals surface area contributed by atoms with Gasteiger partial charge in [0, 0.05) is 31.3 Å². The second-order valence-electron chi connectivity index (χ2n) is 10.7. The monoisotopic (exact) mass is 574 g/mol. The number of hydrogen-bond acceptors (Lipinski definition) is 7. The van der Waals surface area contributed by atoms with Crippen molar-refractivity contribution in [3.63, 3.8) is 0 Å². The Balaban J connectivity index is 1.56. The number of fused-ring (bicyclic) bond motifs is 2. The minimum Gasteiger partial charge on any atom is -0.446 e. The van der Waals surface area contributed by atoms with Gasteiger partial charge in [-0.3, -0.25) is 24.2 Å². The number of benzene rings is 1. The van der Waals surface area contributed by atoms with Crippen LogP contribution in [0.25, 0.3) is 0 Å². The molecule has 0 spiro atoms. The number of rotatable bonds is 7. The van der Waals surface area contributed by atoms with E-state index >= 15 is 0 Å². The van der Waals surface area contributed by atoms with Crippen LogP contribution in [0.3, 0.4) is 0 Å². The molecule has 11 nitrogen and oxygen atoms in total. The maximum atomic E-state index is 13.7. The molecule has 0 saturated heterocycles. The van der Waals surface area contributed by atoms with Crippen LogP contribution in [0.4, 0.5) is 0 Å². The molecule has 1 aromatic carbocycles. The van der Waals surface area contributed by atoms with Crippen LogP contribution in [0, 0.1) is 5.92 Å². The van der Waals surface area contributed by atoms with E-state index in [0.29, 0.717) is 32.2 Å².